The Bertz CT molecular complexity index is 425. The van der Waals surface area contributed by atoms with Crippen LogP contribution in [-0.4, -0.2) is 40.0 Å². The number of aryl methyl sites for hydroxylation is 1. The lowest BCUT2D eigenvalue weighted by Gasteiger charge is -2.18. The minimum atomic E-state index is -1.40. The van der Waals surface area contributed by atoms with Crippen molar-refractivity contribution >= 4 is 11.9 Å². The average Bonchev–Trinajstić information content (AvgIpc) is 2.76. The third-order valence-electron chi connectivity index (χ3n) is 2.46. The Balaban J connectivity index is 2.95. The number of esters is 2. The van der Waals surface area contributed by atoms with E-state index in [1.165, 1.54) is 17.1 Å². The minimum absolute atomic E-state index is 0.120. The van der Waals surface area contributed by atoms with Gasteiger partial charge in [-0.05, 0) is 13.8 Å². The highest BCUT2D eigenvalue weighted by atomic mass is 16.6. The van der Waals surface area contributed by atoms with Gasteiger partial charge in [0, 0.05) is 18.8 Å². The molecule has 0 saturated heterocycles. The number of aromatic nitrogens is 2. The number of carbonyl (C=O) groups is 2. The molecule has 0 amide bonds. The molecule has 0 aromatic carbocycles. The number of ether oxygens (including phenoxy) is 2. The maximum Gasteiger partial charge on any atom is 0.323 e. The molecule has 1 aromatic heterocycles. The van der Waals surface area contributed by atoms with Gasteiger partial charge >= 0.3 is 11.9 Å². The molecule has 106 valence electrons. The van der Waals surface area contributed by atoms with Gasteiger partial charge in [-0.15, -0.1) is 0 Å². The van der Waals surface area contributed by atoms with Crippen molar-refractivity contribution in [3.63, 3.8) is 0 Å². The third kappa shape index (κ3) is 3.78. The normalized spacial score (nSPS) is 12.3. The first-order valence-corrected chi connectivity index (χ1v) is 6.01. The van der Waals surface area contributed by atoms with E-state index in [-0.39, 0.29) is 13.2 Å². The molecular weight excluding hydrogens is 252 g/mol. The van der Waals surface area contributed by atoms with Gasteiger partial charge in [-0.1, -0.05) is 0 Å². The first kappa shape index (κ1) is 15.2. The highest BCUT2D eigenvalue weighted by Gasteiger charge is 2.38. The summed E-state index contributed by atoms with van der Waals surface area (Å²) >= 11 is 0. The SMILES string of the molecule is CCOC(=O)C(C(=O)OCC)C(O)c1cnn(C)c1. The number of aliphatic hydroxyl groups excluding tert-OH is 1. The molecular formula is C12H18N2O5. The van der Waals surface area contributed by atoms with Crippen LogP contribution in [-0.2, 0) is 26.1 Å². The molecule has 1 rings (SSSR count). The lowest BCUT2D eigenvalue weighted by atomic mass is 9.98. The monoisotopic (exact) mass is 270 g/mol. The van der Waals surface area contributed by atoms with Crippen molar-refractivity contribution in [3.05, 3.63) is 18.0 Å². The lowest BCUT2D eigenvalue weighted by molar-refractivity contribution is -0.167. The van der Waals surface area contributed by atoms with Crippen molar-refractivity contribution in [1.82, 2.24) is 9.78 Å². The standard InChI is InChI=1S/C12H18N2O5/c1-4-18-11(16)9(12(17)19-5-2)10(15)8-6-13-14(3)7-8/h6-7,9-10,15H,4-5H2,1-3H3. The van der Waals surface area contributed by atoms with E-state index >= 15 is 0 Å². The summed E-state index contributed by atoms with van der Waals surface area (Å²) in [5, 5.41) is 14.0. The van der Waals surface area contributed by atoms with Gasteiger partial charge in [-0.3, -0.25) is 14.3 Å². The van der Waals surface area contributed by atoms with Gasteiger partial charge in [0.05, 0.1) is 19.4 Å². The van der Waals surface area contributed by atoms with E-state index in [2.05, 4.69) is 5.10 Å². The molecule has 0 aliphatic heterocycles. The molecule has 1 atom stereocenters. The van der Waals surface area contributed by atoms with Crippen LogP contribution in [0, 0.1) is 5.92 Å². The second-order valence-electron chi connectivity index (χ2n) is 3.87. The molecule has 0 fully saturated rings. The van der Waals surface area contributed by atoms with Gasteiger partial charge in [0.2, 0.25) is 0 Å². The first-order chi connectivity index (χ1) is 9.01. The van der Waals surface area contributed by atoms with E-state index in [1.54, 1.807) is 20.9 Å². The van der Waals surface area contributed by atoms with Gasteiger partial charge in [0.25, 0.3) is 0 Å². The Morgan fingerprint density at radius 3 is 2.21 bits per heavy atom. The maximum absolute atomic E-state index is 11.8. The van der Waals surface area contributed by atoms with Crippen LogP contribution in [0.15, 0.2) is 12.4 Å². The van der Waals surface area contributed by atoms with Crippen molar-refractivity contribution in [2.45, 2.75) is 20.0 Å². The summed E-state index contributed by atoms with van der Waals surface area (Å²) in [4.78, 5) is 23.5. The molecule has 0 aliphatic carbocycles. The summed E-state index contributed by atoms with van der Waals surface area (Å²) in [6.07, 6.45) is 1.57. The Hall–Kier alpha value is -1.89. The second-order valence-corrected chi connectivity index (χ2v) is 3.87. The Labute approximate surface area is 111 Å². The number of carbonyl (C=O) groups excluding carboxylic acids is 2. The molecule has 19 heavy (non-hydrogen) atoms. The van der Waals surface area contributed by atoms with Crippen molar-refractivity contribution in [3.8, 4) is 0 Å². The second kappa shape index (κ2) is 6.89. The predicted octanol–water partition coefficient (Wildman–Crippen LogP) is 0.196. The Morgan fingerprint density at radius 1 is 1.32 bits per heavy atom. The van der Waals surface area contributed by atoms with Crippen molar-refractivity contribution in [1.29, 1.82) is 0 Å². The molecule has 0 aliphatic rings. The quantitative estimate of drug-likeness (QED) is 0.586. The number of rotatable bonds is 6. The Morgan fingerprint density at radius 2 is 1.84 bits per heavy atom. The van der Waals surface area contributed by atoms with Crippen LogP contribution in [0.1, 0.15) is 25.5 Å². The highest BCUT2D eigenvalue weighted by Crippen LogP contribution is 2.24. The fraction of sp³-hybridized carbons (Fsp3) is 0.583. The first-order valence-electron chi connectivity index (χ1n) is 6.01. The molecule has 1 aromatic rings. The van der Waals surface area contributed by atoms with Gasteiger partial charge < -0.3 is 14.6 Å². The van der Waals surface area contributed by atoms with Crippen LogP contribution in [0.25, 0.3) is 0 Å². The number of nitrogens with zero attached hydrogens (tertiary/aromatic N) is 2. The predicted molar refractivity (Wildman–Crippen MR) is 64.9 cm³/mol. The fourth-order valence-corrected chi connectivity index (χ4v) is 1.60. The van der Waals surface area contributed by atoms with Crippen LogP contribution in [0.5, 0.6) is 0 Å². The molecule has 0 saturated carbocycles. The molecule has 1 heterocycles. The van der Waals surface area contributed by atoms with E-state index in [0.717, 1.165) is 0 Å². The highest BCUT2D eigenvalue weighted by molar-refractivity contribution is 5.95. The summed E-state index contributed by atoms with van der Waals surface area (Å²) in [6.45, 7) is 3.48. The molecule has 0 bridgehead atoms. The van der Waals surface area contributed by atoms with Crippen molar-refractivity contribution < 1.29 is 24.2 Å². The molecule has 7 heteroatoms. The van der Waals surface area contributed by atoms with Crippen LogP contribution < -0.4 is 0 Å². The zero-order valence-corrected chi connectivity index (χ0v) is 11.2. The number of hydrogen-bond acceptors (Lipinski definition) is 6. The molecule has 0 radical (unpaired) electrons. The van der Waals surface area contributed by atoms with Gasteiger partial charge in [-0.25, -0.2) is 0 Å². The summed E-state index contributed by atoms with van der Waals surface area (Å²) in [7, 11) is 1.67. The van der Waals surface area contributed by atoms with Crippen LogP contribution >= 0.6 is 0 Å². The Kier molecular flexibility index (Phi) is 5.50. The van der Waals surface area contributed by atoms with Gasteiger partial charge in [-0.2, -0.15) is 5.10 Å². The van der Waals surface area contributed by atoms with E-state index in [0.29, 0.717) is 5.56 Å². The molecule has 1 N–H and O–H groups in total. The average molecular weight is 270 g/mol. The smallest absolute Gasteiger partial charge is 0.323 e. The lowest BCUT2D eigenvalue weighted by Crippen LogP contribution is -2.33. The summed E-state index contributed by atoms with van der Waals surface area (Å²) in [5.41, 5.74) is 0.355. The van der Waals surface area contributed by atoms with Crippen LogP contribution in [0.3, 0.4) is 0 Å². The number of hydrogen-bond donors (Lipinski definition) is 1. The summed E-state index contributed by atoms with van der Waals surface area (Å²) in [6, 6.07) is 0. The van der Waals surface area contributed by atoms with Crippen LogP contribution in [0.4, 0.5) is 0 Å². The van der Waals surface area contributed by atoms with Crippen LogP contribution in [0.2, 0.25) is 0 Å². The third-order valence-corrected chi connectivity index (χ3v) is 2.46. The van der Waals surface area contributed by atoms with Gasteiger partial charge in [0.1, 0.15) is 6.10 Å². The van der Waals surface area contributed by atoms with Gasteiger partial charge in [0.15, 0.2) is 5.92 Å². The fourth-order valence-electron chi connectivity index (χ4n) is 1.60. The number of aliphatic hydroxyl groups is 1. The minimum Gasteiger partial charge on any atom is -0.465 e. The van der Waals surface area contributed by atoms with E-state index < -0.39 is 24.0 Å². The molecule has 7 nitrogen and oxygen atoms in total. The molecule has 0 spiro atoms. The zero-order valence-electron chi connectivity index (χ0n) is 11.2. The topological polar surface area (TPSA) is 90.7 Å². The zero-order chi connectivity index (χ0) is 14.4. The maximum atomic E-state index is 11.8. The largest absolute Gasteiger partial charge is 0.465 e. The summed E-state index contributed by atoms with van der Waals surface area (Å²) < 4.78 is 11.1. The van der Waals surface area contributed by atoms with Crippen molar-refractivity contribution in [2.24, 2.45) is 13.0 Å². The molecule has 1 unspecified atom stereocenters. The summed E-state index contributed by atoms with van der Waals surface area (Å²) in [5.74, 6) is -3.02. The van der Waals surface area contributed by atoms with Crippen molar-refractivity contribution in [2.75, 3.05) is 13.2 Å². The van der Waals surface area contributed by atoms with E-state index in [4.69, 9.17) is 9.47 Å². The van der Waals surface area contributed by atoms with E-state index in [1.807, 2.05) is 0 Å². The van der Waals surface area contributed by atoms with E-state index in [9.17, 15) is 14.7 Å².